The Balaban J connectivity index is 2.01. The van der Waals surface area contributed by atoms with E-state index in [4.69, 9.17) is 10.5 Å². The molecule has 0 fully saturated rings. The fourth-order valence-electron chi connectivity index (χ4n) is 2.60. The van der Waals surface area contributed by atoms with Gasteiger partial charge in [0.05, 0.1) is 0 Å². The lowest BCUT2D eigenvalue weighted by Crippen LogP contribution is -2.16. The number of esters is 1. The molecule has 0 aliphatic carbocycles. The first-order valence-electron chi connectivity index (χ1n) is 8.99. The highest BCUT2D eigenvalue weighted by Crippen LogP contribution is 2.32. The summed E-state index contributed by atoms with van der Waals surface area (Å²) >= 11 is 0. The van der Waals surface area contributed by atoms with Gasteiger partial charge in [-0.05, 0) is 24.3 Å². The molecule has 1 aromatic heterocycles. The second-order valence-corrected chi connectivity index (χ2v) is 12.1. The van der Waals surface area contributed by atoms with Gasteiger partial charge in [-0.3, -0.25) is 0 Å². The Morgan fingerprint density at radius 1 is 0.964 bits per heavy atom. The van der Waals surface area contributed by atoms with E-state index in [1.54, 1.807) is 18.2 Å². The lowest BCUT2D eigenvalue weighted by Gasteiger charge is -2.12. The quantitative estimate of drug-likeness (QED) is 0.304. The number of benzene rings is 2. The van der Waals surface area contributed by atoms with Crippen LogP contribution in [0.4, 0.5) is 5.82 Å². The van der Waals surface area contributed by atoms with Crippen LogP contribution in [-0.2, 0) is 0 Å². The molecule has 28 heavy (non-hydrogen) atoms. The third-order valence-electron chi connectivity index (χ3n) is 3.94. The van der Waals surface area contributed by atoms with Crippen molar-refractivity contribution in [1.82, 2.24) is 4.98 Å². The fraction of sp³-hybridized carbons (Fsp3) is 0.130. The zero-order valence-electron chi connectivity index (χ0n) is 16.2. The van der Waals surface area contributed by atoms with Crippen LogP contribution in [0.25, 0.3) is 11.1 Å². The molecule has 0 saturated carbocycles. The van der Waals surface area contributed by atoms with Crippen molar-refractivity contribution in [1.29, 1.82) is 0 Å². The smallest absolute Gasteiger partial charge is 0.347 e. The average Bonchev–Trinajstić information content (AvgIpc) is 2.67. The van der Waals surface area contributed by atoms with Crippen LogP contribution in [0, 0.1) is 11.5 Å². The van der Waals surface area contributed by atoms with E-state index in [2.05, 4.69) is 36.1 Å². The maximum absolute atomic E-state index is 12.6. The summed E-state index contributed by atoms with van der Waals surface area (Å²) in [5.41, 5.74) is 12.1. The maximum Gasteiger partial charge on any atom is 0.347 e. The number of nitrogens with zero attached hydrogens (tertiary/aromatic N) is 1. The van der Waals surface area contributed by atoms with Crippen molar-refractivity contribution >= 4 is 19.9 Å². The van der Waals surface area contributed by atoms with Crippen molar-refractivity contribution in [2.24, 2.45) is 0 Å². The Hall–Kier alpha value is -3.36. The number of hydrogen-bond donors (Lipinski definition) is 1. The number of nitrogens with two attached hydrogens (primary N) is 1. The zero-order chi connectivity index (χ0) is 20.1. The molecule has 3 aromatic rings. The molecule has 0 saturated heterocycles. The van der Waals surface area contributed by atoms with Gasteiger partial charge >= 0.3 is 5.97 Å². The van der Waals surface area contributed by atoms with Crippen LogP contribution in [0.1, 0.15) is 15.9 Å². The van der Waals surface area contributed by atoms with Crippen LogP contribution < -0.4 is 10.5 Å². The number of para-hydroxylation sites is 1. The highest BCUT2D eigenvalue weighted by Gasteiger charge is 2.16. The molecule has 0 aliphatic heterocycles. The molecule has 2 aromatic carbocycles. The molecule has 0 unspecified atom stereocenters. The minimum Gasteiger partial charge on any atom is -0.422 e. The number of aromatic nitrogens is 1. The second kappa shape index (κ2) is 8.11. The van der Waals surface area contributed by atoms with Crippen LogP contribution in [0.3, 0.4) is 0 Å². The van der Waals surface area contributed by atoms with Crippen molar-refractivity contribution in [3.05, 3.63) is 78.0 Å². The van der Waals surface area contributed by atoms with Crippen LogP contribution in [0.15, 0.2) is 66.9 Å². The highest BCUT2D eigenvalue weighted by atomic mass is 28.3. The monoisotopic (exact) mass is 386 g/mol. The van der Waals surface area contributed by atoms with Gasteiger partial charge in [-0.1, -0.05) is 62.0 Å². The largest absolute Gasteiger partial charge is 0.422 e. The van der Waals surface area contributed by atoms with Crippen LogP contribution >= 0.6 is 0 Å². The first-order chi connectivity index (χ1) is 13.3. The van der Waals surface area contributed by atoms with E-state index in [1.165, 1.54) is 6.20 Å². The number of carbonyl (C=O) groups is 1. The molecule has 5 heteroatoms. The Labute approximate surface area is 166 Å². The van der Waals surface area contributed by atoms with Crippen molar-refractivity contribution in [3.63, 3.8) is 0 Å². The molecule has 140 valence electrons. The summed E-state index contributed by atoms with van der Waals surface area (Å²) in [6, 6.07) is 18.6. The fourth-order valence-corrected chi connectivity index (χ4v) is 3.11. The predicted octanol–water partition coefficient (Wildman–Crippen LogP) is 4.78. The SMILES string of the molecule is C[Si](C)(C)C#Cc1ccccc1-c1ccccc1OC(=O)c1cccnc1N. The van der Waals surface area contributed by atoms with E-state index in [9.17, 15) is 4.79 Å². The minimum absolute atomic E-state index is 0.145. The Kier molecular flexibility index (Phi) is 5.62. The molecular weight excluding hydrogens is 364 g/mol. The summed E-state index contributed by atoms with van der Waals surface area (Å²) in [5.74, 6) is 3.38. The highest BCUT2D eigenvalue weighted by molar-refractivity contribution is 6.83. The van der Waals surface area contributed by atoms with Gasteiger partial charge in [0.25, 0.3) is 0 Å². The van der Waals surface area contributed by atoms with Crippen molar-refractivity contribution < 1.29 is 9.53 Å². The number of pyridine rings is 1. The molecular formula is C23H22N2O2Si. The minimum atomic E-state index is -1.52. The molecule has 0 radical (unpaired) electrons. The van der Waals surface area contributed by atoms with Crippen molar-refractivity contribution in [2.45, 2.75) is 19.6 Å². The van der Waals surface area contributed by atoms with Gasteiger partial charge in [0.15, 0.2) is 0 Å². The van der Waals surface area contributed by atoms with E-state index in [1.807, 2.05) is 42.5 Å². The van der Waals surface area contributed by atoms with Gasteiger partial charge in [0, 0.05) is 22.9 Å². The second-order valence-electron chi connectivity index (χ2n) is 7.37. The molecule has 1 heterocycles. The molecule has 3 rings (SSSR count). The first kappa shape index (κ1) is 19.4. The van der Waals surface area contributed by atoms with Crippen molar-refractivity contribution in [3.8, 4) is 28.3 Å². The third-order valence-corrected chi connectivity index (χ3v) is 4.81. The summed E-state index contributed by atoms with van der Waals surface area (Å²) in [6.07, 6.45) is 1.54. The number of rotatable bonds is 3. The van der Waals surface area contributed by atoms with Gasteiger partial charge in [0.2, 0.25) is 0 Å². The summed E-state index contributed by atoms with van der Waals surface area (Å²) in [5, 5.41) is 0. The first-order valence-corrected chi connectivity index (χ1v) is 12.5. The van der Waals surface area contributed by atoms with Crippen LogP contribution in [-0.4, -0.2) is 19.0 Å². The topological polar surface area (TPSA) is 65.2 Å². The maximum atomic E-state index is 12.6. The normalized spacial score (nSPS) is 10.7. The molecule has 0 bridgehead atoms. The molecule has 0 atom stereocenters. The predicted molar refractivity (Wildman–Crippen MR) is 116 cm³/mol. The number of carbonyl (C=O) groups excluding carboxylic acids is 1. The van der Waals surface area contributed by atoms with Gasteiger partial charge in [-0.2, -0.15) is 0 Å². The van der Waals surface area contributed by atoms with Gasteiger partial charge in [-0.15, -0.1) is 5.54 Å². The summed E-state index contributed by atoms with van der Waals surface area (Å²) in [6.45, 7) is 6.61. The molecule has 4 nitrogen and oxygen atoms in total. The van der Waals surface area contributed by atoms with Gasteiger partial charge < -0.3 is 10.5 Å². The summed E-state index contributed by atoms with van der Waals surface area (Å²) in [4.78, 5) is 16.5. The average molecular weight is 387 g/mol. The number of nitrogen functional groups attached to an aromatic ring is 1. The van der Waals surface area contributed by atoms with E-state index >= 15 is 0 Å². The van der Waals surface area contributed by atoms with Crippen LogP contribution in [0.5, 0.6) is 5.75 Å². The molecule has 2 N–H and O–H groups in total. The lowest BCUT2D eigenvalue weighted by atomic mass is 9.99. The zero-order valence-corrected chi connectivity index (χ0v) is 17.2. The van der Waals surface area contributed by atoms with E-state index in [-0.39, 0.29) is 11.4 Å². The van der Waals surface area contributed by atoms with E-state index in [0.717, 1.165) is 16.7 Å². The molecule has 0 spiro atoms. The molecule has 0 amide bonds. The van der Waals surface area contributed by atoms with E-state index < -0.39 is 14.0 Å². The Morgan fingerprint density at radius 3 is 2.36 bits per heavy atom. The third kappa shape index (κ3) is 4.67. The van der Waals surface area contributed by atoms with Crippen LogP contribution in [0.2, 0.25) is 19.6 Å². The number of hydrogen-bond acceptors (Lipinski definition) is 4. The number of anilines is 1. The standard InChI is InChI=1S/C23H22N2O2Si/c1-28(2,3)16-14-17-9-4-5-10-18(17)19-11-6-7-13-21(19)27-23(26)20-12-8-15-25-22(20)24/h4-13,15H,1-3H3,(H2,24,25). The summed E-state index contributed by atoms with van der Waals surface area (Å²) in [7, 11) is -1.52. The Morgan fingerprint density at radius 2 is 1.64 bits per heavy atom. The van der Waals surface area contributed by atoms with Crippen molar-refractivity contribution in [2.75, 3.05) is 5.73 Å². The Bertz CT molecular complexity index is 1080. The lowest BCUT2D eigenvalue weighted by molar-refractivity contribution is 0.0736. The summed E-state index contributed by atoms with van der Waals surface area (Å²) < 4.78 is 5.67. The van der Waals surface area contributed by atoms with Gasteiger partial charge in [-0.25, -0.2) is 9.78 Å². The van der Waals surface area contributed by atoms with Gasteiger partial charge in [0.1, 0.15) is 25.2 Å². The molecule has 0 aliphatic rings. The number of ether oxygens (including phenoxy) is 1. The van der Waals surface area contributed by atoms with E-state index in [0.29, 0.717) is 5.75 Å².